The van der Waals surface area contributed by atoms with Crippen LogP contribution in [0.25, 0.3) is 0 Å². The number of carbonyl (C=O) groups excluding carboxylic acids is 2. The molecule has 1 aromatic rings. The number of hydrogen-bond acceptors (Lipinski definition) is 4. The van der Waals surface area contributed by atoms with Crippen LogP contribution in [0.1, 0.15) is 73.4 Å². The van der Waals surface area contributed by atoms with Gasteiger partial charge in [0.05, 0.1) is 17.7 Å². The van der Waals surface area contributed by atoms with E-state index in [2.05, 4.69) is 0 Å². The molecule has 0 fully saturated rings. The van der Waals surface area contributed by atoms with Crippen molar-refractivity contribution in [3.05, 3.63) is 34.4 Å². The maximum absolute atomic E-state index is 12.4. The normalized spacial score (nSPS) is 12.0. The fourth-order valence-electron chi connectivity index (χ4n) is 1.85. The topological polar surface area (TPSA) is 52.6 Å². The highest BCUT2D eigenvalue weighted by Gasteiger charge is 2.25. The van der Waals surface area contributed by atoms with Gasteiger partial charge in [-0.15, -0.1) is 0 Å². The third-order valence-corrected chi connectivity index (χ3v) is 3.11. The fraction of sp³-hybridized carbons (Fsp3) is 0.579. The molecule has 0 saturated carbocycles. The molecule has 0 saturated heterocycles. The van der Waals surface area contributed by atoms with E-state index in [9.17, 15) is 9.59 Å². The molecule has 0 unspecified atom stereocenters. The molecule has 0 aliphatic rings. The summed E-state index contributed by atoms with van der Waals surface area (Å²) in [5, 5.41) is 0. The number of esters is 2. The van der Waals surface area contributed by atoms with E-state index in [0.717, 1.165) is 11.1 Å². The van der Waals surface area contributed by atoms with Crippen LogP contribution in [0.2, 0.25) is 0 Å². The Bertz CT molecular complexity index is 601. The highest BCUT2D eigenvalue weighted by molar-refractivity contribution is 6.03. The number of carbonyl (C=O) groups is 2. The first-order chi connectivity index (χ1) is 10.3. The van der Waals surface area contributed by atoms with Crippen molar-refractivity contribution in [3.63, 3.8) is 0 Å². The molecule has 0 bridgehead atoms. The summed E-state index contributed by atoms with van der Waals surface area (Å²) in [5.41, 5.74) is 1.61. The standard InChI is InChI=1S/C19H28O4/c1-12-9-14(16(20)22-11-18(3,4)5)15(10-13(12)2)17(21)23-19(6,7)8/h9-10H,11H2,1-8H3. The van der Waals surface area contributed by atoms with E-state index < -0.39 is 17.5 Å². The molecule has 0 aliphatic heterocycles. The average molecular weight is 320 g/mol. The quantitative estimate of drug-likeness (QED) is 0.771. The van der Waals surface area contributed by atoms with E-state index in [1.54, 1.807) is 32.9 Å². The van der Waals surface area contributed by atoms with Gasteiger partial charge >= 0.3 is 11.9 Å². The number of aryl methyl sites for hydroxylation is 2. The van der Waals surface area contributed by atoms with Crippen LogP contribution in [0.4, 0.5) is 0 Å². The minimum absolute atomic E-state index is 0.137. The first kappa shape index (κ1) is 19.2. The lowest BCUT2D eigenvalue weighted by Gasteiger charge is -2.22. The maximum Gasteiger partial charge on any atom is 0.339 e. The van der Waals surface area contributed by atoms with Crippen molar-refractivity contribution in [2.75, 3.05) is 6.61 Å². The predicted molar refractivity (Wildman–Crippen MR) is 90.8 cm³/mol. The van der Waals surface area contributed by atoms with Crippen LogP contribution in [-0.4, -0.2) is 24.1 Å². The van der Waals surface area contributed by atoms with E-state index in [1.807, 2.05) is 34.6 Å². The van der Waals surface area contributed by atoms with Gasteiger partial charge in [-0.2, -0.15) is 0 Å². The molecule has 0 spiro atoms. The molecule has 4 heteroatoms. The van der Waals surface area contributed by atoms with Crippen LogP contribution in [0.15, 0.2) is 12.1 Å². The Labute approximate surface area is 139 Å². The van der Waals surface area contributed by atoms with E-state index in [0.29, 0.717) is 0 Å². The zero-order chi connectivity index (χ0) is 18.0. The second-order valence-electron chi connectivity index (χ2n) is 8.12. The Balaban J connectivity index is 3.17. The van der Waals surface area contributed by atoms with E-state index in [-0.39, 0.29) is 23.1 Å². The molecule has 1 aromatic carbocycles. The maximum atomic E-state index is 12.4. The van der Waals surface area contributed by atoms with Crippen LogP contribution in [0.5, 0.6) is 0 Å². The van der Waals surface area contributed by atoms with Crippen molar-refractivity contribution in [3.8, 4) is 0 Å². The van der Waals surface area contributed by atoms with Crippen molar-refractivity contribution < 1.29 is 19.1 Å². The van der Waals surface area contributed by atoms with E-state index in [4.69, 9.17) is 9.47 Å². The fourth-order valence-corrected chi connectivity index (χ4v) is 1.85. The molecule has 0 amide bonds. The zero-order valence-corrected chi connectivity index (χ0v) is 15.5. The molecule has 0 radical (unpaired) electrons. The summed E-state index contributed by atoms with van der Waals surface area (Å²) in [5.74, 6) is -1.01. The average Bonchev–Trinajstić information content (AvgIpc) is 2.35. The van der Waals surface area contributed by atoms with Crippen molar-refractivity contribution in [1.29, 1.82) is 0 Å². The summed E-state index contributed by atoms with van der Waals surface area (Å²) >= 11 is 0. The van der Waals surface area contributed by atoms with Gasteiger partial charge in [-0.25, -0.2) is 9.59 Å². The smallest absolute Gasteiger partial charge is 0.339 e. The number of ether oxygens (including phenoxy) is 2. The molecule has 23 heavy (non-hydrogen) atoms. The molecule has 1 rings (SSSR count). The van der Waals surface area contributed by atoms with Crippen LogP contribution >= 0.6 is 0 Å². The van der Waals surface area contributed by atoms with Crippen molar-refractivity contribution in [2.45, 2.75) is 61.0 Å². The largest absolute Gasteiger partial charge is 0.462 e. The first-order valence-corrected chi connectivity index (χ1v) is 7.82. The second kappa shape index (κ2) is 6.73. The SMILES string of the molecule is Cc1cc(C(=O)OCC(C)(C)C)c(C(=O)OC(C)(C)C)cc1C. The highest BCUT2D eigenvalue weighted by atomic mass is 16.6. The van der Waals surface area contributed by atoms with Gasteiger partial charge in [-0.3, -0.25) is 0 Å². The highest BCUT2D eigenvalue weighted by Crippen LogP contribution is 2.22. The summed E-state index contributed by atoms with van der Waals surface area (Å²) in [7, 11) is 0. The van der Waals surface area contributed by atoms with Crippen molar-refractivity contribution >= 4 is 11.9 Å². The van der Waals surface area contributed by atoms with Gasteiger partial charge in [0.1, 0.15) is 5.60 Å². The van der Waals surface area contributed by atoms with Crippen LogP contribution in [-0.2, 0) is 9.47 Å². The lowest BCUT2D eigenvalue weighted by atomic mass is 9.98. The number of rotatable bonds is 3. The Morgan fingerprint density at radius 1 is 0.870 bits per heavy atom. The minimum Gasteiger partial charge on any atom is -0.462 e. The Morgan fingerprint density at radius 2 is 1.30 bits per heavy atom. The Kier molecular flexibility index (Phi) is 5.62. The lowest BCUT2D eigenvalue weighted by molar-refractivity contribution is 0.00622. The van der Waals surface area contributed by atoms with Crippen LogP contribution < -0.4 is 0 Å². The van der Waals surface area contributed by atoms with Gasteiger partial charge in [-0.05, 0) is 63.3 Å². The van der Waals surface area contributed by atoms with Gasteiger partial charge in [0, 0.05) is 0 Å². The van der Waals surface area contributed by atoms with Gasteiger partial charge in [0.2, 0.25) is 0 Å². The molecule has 0 aliphatic carbocycles. The first-order valence-electron chi connectivity index (χ1n) is 7.82. The number of hydrogen-bond donors (Lipinski definition) is 0. The van der Waals surface area contributed by atoms with Crippen molar-refractivity contribution in [1.82, 2.24) is 0 Å². The van der Waals surface area contributed by atoms with Crippen molar-refractivity contribution in [2.24, 2.45) is 5.41 Å². The Hall–Kier alpha value is -1.84. The zero-order valence-electron chi connectivity index (χ0n) is 15.5. The van der Waals surface area contributed by atoms with Gasteiger partial charge < -0.3 is 9.47 Å². The molecule has 4 nitrogen and oxygen atoms in total. The van der Waals surface area contributed by atoms with Gasteiger partial charge in [-0.1, -0.05) is 20.8 Å². The Morgan fingerprint density at radius 3 is 1.70 bits per heavy atom. The summed E-state index contributed by atoms with van der Waals surface area (Å²) < 4.78 is 10.8. The predicted octanol–water partition coefficient (Wildman–Crippen LogP) is 4.46. The van der Waals surface area contributed by atoms with Gasteiger partial charge in [0.25, 0.3) is 0 Å². The van der Waals surface area contributed by atoms with E-state index >= 15 is 0 Å². The monoisotopic (exact) mass is 320 g/mol. The molecule has 0 atom stereocenters. The molecular formula is C19H28O4. The summed E-state index contributed by atoms with van der Waals surface area (Å²) in [6.07, 6.45) is 0. The summed E-state index contributed by atoms with van der Waals surface area (Å²) in [6.45, 7) is 15.4. The van der Waals surface area contributed by atoms with Gasteiger partial charge in [0.15, 0.2) is 0 Å². The molecule has 0 aromatic heterocycles. The number of benzene rings is 1. The lowest BCUT2D eigenvalue weighted by Crippen LogP contribution is -2.26. The summed E-state index contributed by atoms with van der Waals surface area (Å²) in [4.78, 5) is 24.8. The van der Waals surface area contributed by atoms with Crippen LogP contribution in [0.3, 0.4) is 0 Å². The minimum atomic E-state index is -0.623. The molecular weight excluding hydrogens is 292 g/mol. The molecule has 0 heterocycles. The van der Waals surface area contributed by atoms with E-state index in [1.165, 1.54) is 0 Å². The molecule has 0 N–H and O–H groups in total. The van der Waals surface area contributed by atoms with Crippen LogP contribution in [0, 0.1) is 19.3 Å². The third-order valence-electron chi connectivity index (χ3n) is 3.11. The third kappa shape index (κ3) is 6.05. The second-order valence-corrected chi connectivity index (χ2v) is 8.12. The molecule has 128 valence electrons. The summed E-state index contributed by atoms with van der Waals surface area (Å²) in [6, 6.07) is 3.39.